The molecule has 1 atom stereocenters. The van der Waals surface area contributed by atoms with Gasteiger partial charge in [-0.05, 0) is 42.0 Å². The van der Waals surface area contributed by atoms with Gasteiger partial charge in [0.05, 0.1) is 19.8 Å². The molecule has 2 aromatic carbocycles. The number of ether oxygens (including phenoxy) is 3. The second kappa shape index (κ2) is 16.8. The SMILES string of the molecule is CCCCCCCCC1COC(c2ccc(-c3ccc(OCCCCC[C@@H](C)CC)cc3)cc2)OC1. The van der Waals surface area contributed by atoms with Crippen molar-refractivity contribution in [3.05, 3.63) is 54.1 Å². The van der Waals surface area contributed by atoms with Crippen LogP contribution in [-0.2, 0) is 9.47 Å². The van der Waals surface area contributed by atoms with Crippen LogP contribution in [0.25, 0.3) is 11.1 Å². The van der Waals surface area contributed by atoms with E-state index in [9.17, 15) is 0 Å². The van der Waals surface area contributed by atoms with E-state index in [2.05, 4.69) is 69.3 Å². The second-order valence-electron chi connectivity index (χ2n) is 10.8. The molecule has 0 N–H and O–H groups in total. The molecule has 0 bridgehead atoms. The van der Waals surface area contributed by atoms with Crippen molar-refractivity contribution in [2.24, 2.45) is 11.8 Å². The summed E-state index contributed by atoms with van der Waals surface area (Å²) in [4.78, 5) is 0. The lowest BCUT2D eigenvalue weighted by molar-refractivity contribution is -0.206. The van der Waals surface area contributed by atoms with Gasteiger partial charge >= 0.3 is 0 Å². The molecule has 36 heavy (non-hydrogen) atoms. The lowest BCUT2D eigenvalue weighted by Crippen LogP contribution is -2.27. The lowest BCUT2D eigenvalue weighted by atomic mass is 10.0. The maximum atomic E-state index is 6.07. The molecular weight excluding hydrogens is 444 g/mol. The van der Waals surface area contributed by atoms with Crippen LogP contribution >= 0.6 is 0 Å². The first-order valence-corrected chi connectivity index (χ1v) is 14.8. The minimum Gasteiger partial charge on any atom is -0.494 e. The average molecular weight is 495 g/mol. The molecule has 0 amide bonds. The molecule has 0 radical (unpaired) electrons. The Morgan fingerprint density at radius 2 is 1.36 bits per heavy atom. The Kier molecular flexibility index (Phi) is 13.4. The van der Waals surface area contributed by atoms with Gasteiger partial charge in [0.15, 0.2) is 6.29 Å². The number of hydrogen-bond acceptors (Lipinski definition) is 3. The first-order chi connectivity index (χ1) is 17.7. The third-order valence-electron chi connectivity index (χ3n) is 7.61. The first-order valence-electron chi connectivity index (χ1n) is 14.8. The zero-order valence-corrected chi connectivity index (χ0v) is 23.2. The third-order valence-corrected chi connectivity index (χ3v) is 7.61. The van der Waals surface area contributed by atoms with Gasteiger partial charge in [0, 0.05) is 11.5 Å². The molecule has 1 aliphatic heterocycles. The van der Waals surface area contributed by atoms with Crippen LogP contribution in [0.15, 0.2) is 48.5 Å². The standard InChI is InChI=1S/C33H50O3/c1-4-6-7-8-9-12-15-28-25-35-33(36-26-28)31-18-16-29(17-19-31)30-20-22-32(23-21-30)34-24-13-10-11-14-27(3)5-2/h16-23,27-28,33H,4-15,24-26H2,1-3H3/t27-,28?,33?/m0/s1. The highest BCUT2D eigenvalue weighted by Gasteiger charge is 2.23. The quantitative estimate of drug-likeness (QED) is 0.205. The number of rotatable bonds is 17. The van der Waals surface area contributed by atoms with Crippen LogP contribution in [0, 0.1) is 11.8 Å². The fourth-order valence-corrected chi connectivity index (χ4v) is 4.86. The van der Waals surface area contributed by atoms with Crippen molar-refractivity contribution in [3.63, 3.8) is 0 Å². The number of hydrogen-bond donors (Lipinski definition) is 0. The summed E-state index contributed by atoms with van der Waals surface area (Å²) < 4.78 is 18.1. The molecule has 2 aromatic rings. The summed E-state index contributed by atoms with van der Waals surface area (Å²) >= 11 is 0. The molecule has 3 heteroatoms. The van der Waals surface area contributed by atoms with E-state index in [1.807, 2.05) is 0 Å². The van der Waals surface area contributed by atoms with Gasteiger partial charge in [-0.1, -0.05) is 121 Å². The molecule has 1 saturated heterocycles. The predicted molar refractivity (Wildman–Crippen MR) is 151 cm³/mol. The molecule has 200 valence electrons. The van der Waals surface area contributed by atoms with Crippen molar-refractivity contribution in [3.8, 4) is 16.9 Å². The van der Waals surface area contributed by atoms with Crippen LogP contribution in [0.5, 0.6) is 5.75 Å². The normalized spacial score (nSPS) is 18.8. The zero-order chi connectivity index (χ0) is 25.4. The van der Waals surface area contributed by atoms with Gasteiger partial charge in [0.2, 0.25) is 0 Å². The fourth-order valence-electron chi connectivity index (χ4n) is 4.86. The van der Waals surface area contributed by atoms with E-state index in [1.165, 1.54) is 81.8 Å². The fraction of sp³-hybridized carbons (Fsp3) is 0.636. The largest absolute Gasteiger partial charge is 0.494 e. The molecule has 0 saturated carbocycles. The highest BCUT2D eigenvalue weighted by Crippen LogP contribution is 2.30. The Bertz CT molecular complexity index is 806. The van der Waals surface area contributed by atoms with Gasteiger partial charge in [0.1, 0.15) is 5.75 Å². The van der Waals surface area contributed by atoms with Crippen molar-refractivity contribution >= 4 is 0 Å². The van der Waals surface area contributed by atoms with Crippen LogP contribution in [0.1, 0.15) is 110 Å². The zero-order valence-electron chi connectivity index (χ0n) is 23.2. The minimum atomic E-state index is -0.235. The van der Waals surface area contributed by atoms with E-state index in [4.69, 9.17) is 14.2 Å². The van der Waals surface area contributed by atoms with Crippen LogP contribution in [0.3, 0.4) is 0 Å². The minimum absolute atomic E-state index is 0.235. The van der Waals surface area contributed by atoms with Crippen LogP contribution in [-0.4, -0.2) is 19.8 Å². The Labute approximate surface area is 220 Å². The van der Waals surface area contributed by atoms with E-state index in [0.29, 0.717) is 5.92 Å². The van der Waals surface area contributed by atoms with Gasteiger partial charge in [-0.25, -0.2) is 0 Å². The molecule has 0 aromatic heterocycles. The van der Waals surface area contributed by atoms with Crippen LogP contribution in [0.4, 0.5) is 0 Å². The lowest BCUT2D eigenvalue weighted by Gasteiger charge is -2.29. The van der Waals surface area contributed by atoms with Gasteiger partial charge in [-0.2, -0.15) is 0 Å². The molecule has 1 aliphatic rings. The van der Waals surface area contributed by atoms with E-state index in [1.54, 1.807) is 0 Å². The Balaban J connectivity index is 1.35. The molecule has 0 spiro atoms. The Morgan fingerprint density at radius 3 is 2.03 bits per heavy atom. The molecule has 3 nitrogen and oxygen atoms in total. The Hall–Kier alpha value is -1.84. The highest BCUT2D eigenvalue weighted by atomic mass is 16.7. The van der Waals surface area contributed by atoms with Gasteiger partial charge in [-0.15, -0.1) is 0 Å². The maximum absolute atomic E-state index is 6.07. The summed E-state index contributed by atoms with van der Waals surface area (Å²) in [5.41, 5.74) is 3.50. The summed E-state index contributed by atoms with van der Waals surface area (Å²) in [5, 5.41) is 0. The maximum Gasteiger partial charge on any atom is 0.183 e. The monoisotopic (exact) mass is 494 g/mol. The smallest absolute Gasteiger partial charge is 0.183 e. The Morgan fingerprint density at radius 1 is 0.750 bits per heavy atom. The summed E-state index contributed by atoms with van der Waals surface area (Å²) in [5.74, 6) is 2.34. The second-order valence-corrected chi connectivity index (χ2v) is 10.8. The van der Waals surface area contributed by atoms with E-state index in [-0.39, 0.29) is 6.29 Å². The predicted octanol–water partition coefficient (Wildman–Crippen LogP) is 9.75. The topological polar surface area (TPSA) is 27.7 Å². The molecule has 3 rings (SSSR count). The van der Waals surface area contributed by atoms with Crippen molar-refractivity contribution in [2.45, 2.75) is 104 Å². The molecule has 1 fully saturated rings. The van der Waals surface area contributed by atoms with Crippen molar-refractivity contribution in [1.82, 2.24) is 0 Å². The van der Waals surface area contributed by atoms with Crippen LogP contribution < -0.4 is 4.74 Å². The van der Waals surface area contributed by atoms with Gasteiger partial charge in [0.25, 0.3) is 0 Å². The van der Waals surface area contributed by atoms with Crippen molar-refractivity contribution in [2.75, 3.05) is 19.8 Å². The molecule has 1 heterocycles. The van der Waals surface area contributed by atoms with Gasteiger partial charge < -0.3 is 14.2 Å². The summed E-state index contributed by atoms with van der Waals surface area (Å²) in [7, 11) is 0. The van der Waals surface area contributed by atoms with Crippen molar-refractivity contribution in [1.29, 1.82) is 0 Å². The first kappa shape index (κ1) is 28.7. The summed E-state index contributed by atoms with van der Waals surface area (Å²) in [6.45, 7) is 9.30. The molecule has 0 aliphatic carbocycles. The summed E-state index contributed by atoms with van der Waals surface area (Å²) in [6.07, 6.45) is 15.4. The van der Waals surface area contributed by atoms with Gasteiger partial charge in [-0.3, -0.25) is 0 Å². The molecular formula is C33H50O3. The van der Waals surface area contributed by atoms with E-state index >= 15 is 0 Å². The van der Waals surface area contributed by atoms with Crippen LogP contribution in [0.2, 0.25) is 0 Å². The number of benzene rings is 2. The third kappa shape index (κ3) is 10.3. The van der Waals surface area contributed by atoms with E-state index in [0.717, 1.165) is 43.5 Å². The van der Waals surface area contributed by atoms with Crippen molar-refractivity contribution < 1.29 is 14.2 Å². The molecule has 0 unspecified atom stereocenters. The summed E-state index contributed by atoms with van der Waals surface area (Å²) in [6, 6.07) is 17.1. The highest BCUT2D eigenvalue weighted by molar-refractivity contribution is 5.64. The van der Waals surface area contributed by atoms with E-state index < -0.39 is 0 Å². The average Bonchev–Trinajstić information content (AvgIpc) is 2.93. The number of unbranched alkanes of at least 4 members (excludes halogenated alkanes) is 7.